The van der Waals surface area contributed by atoms with Crippen molar-refractivity contribution < 1.29 is 43.2 Å². The van der Waals surface area contributed by atoms with Gasteiger partial charge in [-0.05, 0) is 35.4 Å². The van der Waals surface area contributed by atoms with Gasteiger partial charge < -0.3 is 34.1 Å². The van der Waals surface area contributed by atoms with Gasteiger partial charge in [0.15, 0.2) is 12.6 Å². The van der Waals surface area contributed by atoms with Gasteiger partial charge in [0, 0.05) is 12.5 Å². The van der Waals surface area contributed by atoms with Crippen molar-refractivity contribution in [1.82, 2.24) is 16.2 Å². The summed E-state index contributed by atoms with van der Waals surface area (Å²) in [6.07, 6.45) is -5.26. The summed E-state index contributed by atoms with van der Waals surface area (Å²) in [6.45, 7) is 3.19. The number of phenolic OH excluding ortho intramolecular Hbond substituents is 1. The lowest BCUT2D eigenvalue weighted by Crippen LogP contribution is -2.68. The minimum atomic E-state index is -1.15. The Morgan fingerprint density at radius 1 is 0.896 bits per heavy atom. The van der Waals surface area contributed by atoms with Crippen LogP contribution in [0.4, 0.5) is 0 Å². The monoisotopic (exact) mass is 655 g/mol. The topological polar surface area (TPSA) is 154 Å². The third-order valence-corrected chi connectivity index (χ3v) is 8.18. The second-order valence-corrected chi connectivity index (χ2v) is 11.6. The predicted molar refractivity (Wildman–Crippen MR) is 173 cm³/mol. The van der Waals surface area contributed by atoms with E-state index in [1.807, 2.05) is 84.9 Å². The average molecular weight is 656 g/mol. The third-order valence-electron chi connectivity index (χ3n) is 8.18. The maximum Gasteiger partial charge on any atom is 0.273 e. The Morgan fingerprint density at radius 2 is 1.56 bits per heavy atom. The number of hydrazine groups is 1. The molecule has 0 spiro atoms. The van der Waals surface area contributed by atoms with E-state index in [1.54, 1.807) is 0 Å². The molecule has 2 fully saturated rings. The highest BCUT2D eigenvalue weighted by atomic mass is 16.8. The fraction of sp³-hybridized carbons (Fsp3) is 0.306. The van der Waals surface area contributed by atoms with E-state index in [0.29, 0.717) is 0 Å². The molecule has 6 rings (SSSR count). The lowest BCUT2D eigenvalue weighted by Gasteiger charge is -2.49. The molecule has 48 heavy (non-hydrogen) atoms. The number of amides is 3. The van der Waals surface area contributed by atoms with Crippen molar-refractivity contribution in [2.75, 3.05) is 6.61 Å². The summed E-state index contributed by atoms with van der Waals surface area (Å²) in [4.78, 5) is 38.7. The van der Waals surface area contributed by atoms with E-state index >= 15 is 0 Å². The number of rotatable bonds is 9. The average Bonchev–Trinajstić information content (AvgIpc) is 3.10. The van der Waals surface area contributed by atoms with Crippen molar-refractivity contribution >= 4 is 28.5 Å². The van der Waals surface area contributed by atoms with Crippen LogP contribution >= 0.6 is 0 Å². The van der Waals surface area contributed by atoms with Crippen molar-refractivity contribution in [2.24, 2.45) is 0 Å². The van der Waals surface area contributed by atoms with E-state index in [-0.39, 0.29) is 30.4 Å². The van der Waals surface area contributed by atoms with Crippen LogP contribution < -0.4 is 16.2 Å². The highest BCUT2D eigenvalue weighted by Crippen LogP contribution is 2.36. The van der Waals surface area contributed by atoms with E-state index in [1.165, 1.54) is 26.0 Å². The molecule has 4 aromatic rings. The lowest BCUT2D eigenvalue weighted by atomic mass is 9.95. The number of ether oxygens (including phenoxy) is 5. The Labute approximate surface area is 277 Å². The zero-order valence-electron chi connectivity index (χ0n) is 26.4. The fourth-order valence-electron chi connectivity index (χ4n) is 5.79. The number of hydrogen-bond donors (Lipinski definition) is 4. The van der Waals surface area contributed by atoms with Crippen LogP contribution in [0.25, 0.3) is 10.8 Å². The van der Waals surface area contributed by atoms with Crippen LogP contribution in [0.1, 0.15) is 41.6 Å². The second-order valence-electron chi connectivity index (χ2n) is 11.6. The maximum atomic E-state index is 13.3. The summed E-state index contributed by atoms with van der Waals surface area (Å²) in [5, 5.41) is 14.8. The van der Waals surface area contributed by atoms with Crippen molar-refractivity contribution in [1.29, 1.82) is 0 Å². The van der Waals surface area contributed by atoms with Gasteiger partial charge in [-0.1, -0.05) is 84.9 Å². The fourth-order valence-corrected chi connectivity index (χ4v) is 5.79. The van der Waals surface area contributed by atoms with Crippen LogP contribution in [0, 0.1) is 0 Å². The second kappa shape index (κ2) is 14.9. The minimum absolute atomic E-state index is 0.0125. The van der Waals surface area contributed by atoms with Gasteiger partial charge in [0.05, 0.1) is 18.8 Å². The molecule has 0 aromatic heterocycles. The molecule has 0 bridgehead atoms. The summed E-state index contributed by atoms with van der Waals surface area (Å²) >= 11 is 0. The SMILES string of the molecule is CC(=O)N[C@H]1[C@@H](OCc2ccccc2)O[C@@H]2CO[C@H](c3ccccc3)O[C@H]2[C@@H]1O[C@H](C)C(=O)NNC(=O)c1cc2ccccc2cc1O. The molecule has 12 nitrogen and oxygen atoms in total. The molecule has 0 aliphatic carbocycles. The van der Waals surface area contributed by atoms with E-state index in [4.69, 9.17) is 23.7 Å². The zero-order valence-corrected chi connectivity index (χ0v) is 26.4. The number of hydrogen-bond acceptors (Lipinski definition) is 9. The number of carbonyl (C=O) groups is 3. The van der Waals surface area contributed by atoms with Crippen molar-refractivity contribution in [3.05, 3.63) is 114 Å². The van der Waals surface area contributed by atoms with E-state index in [2.05, 4.69) is 16.2 Å². The number of carbonyl (C=O) groups excluding carboxylic acids is 3. The van der Waals surface area contributed by atoms with Crippen LogP contribution in [0.2, 0.25) is 0 Å². The van der Waals surface area contributed by atoms with Crippen molar-refractivity contribution in [2.45, 2.75) is 63.5 Å². The molecule has 2 saturated heterocycles. The Hall–Kier alpha value is -4.85. The highest BCUT2D eigenvalue weighted by molar-refractivity contribution is 6.02. The largest absolute Gasteiger partial charge is 0.507 e. The van der Waals surface area contributed by atoms with E-state index in [0.717, 1.165) is 21.9 Å². The summed E-state index contributed by atoms with van der Waals surface area (Å²) in [6, 6.07) is 28.2. The van der Waals surface area contributed by atoms with E-state index < -0.39 is 54.9 Å². The first-order valence-electron chi connectivity index (χ1n) is 15.6. The van der Waals surface area contributed by atoms with Crippen LogP contribution in [0.5, 0.6) is 5.75 Å². The molecule has 250 valence electrons. The Balaban J connectivity index is 1.20. The first-order valence-corrected chi connectivity index (χ1v) is 15.6. The number of fused-ring (bicyclic) bond motifs is 2. The summed E-state index contributed by atoms with van der Waals surface area (Å²) in [5.41, 5.74) is 6.38. The Kier molecular flexibility index (Phi) is 10.3. The number of phenols is 1. The third kappa shape index (κ3) is 7.64. The van der Waals surface area contributed by atoms with Gasteiger partial charge in [-0.15, -0.1) is 0 Å². The molecule has 3 amide bonds. The molecule has 0 radical (unpaired) electrons. The molecule has 2 heterocycles. The molecular weight excluding hydrogens is 618 g/mol. The normalized spacial score (nSPS) is 24.2. The quantitative estimate of drug-likeness (QED) is 0.198. The number of benzene rings is 4. The molecule has 4 aromatic carbocycles. The van der Waals surface area contributed by atoms with Gasteiger partial charge in [0.2, 0.25) is 5.91 Å². The predicted octanol–water partition coefficient (Wildman–Crippen LogP) is 3.64. The molecule has 7 atom stereocenters. The maximum absolute atomic E-state index is 13.3. The highest BCUT2D eigenvalue weighted by Gasteiger charge is 2.52. The van der Waals surface area contributed by atoms with Crippen LogP contribution in [-0.4, -0.2) is 66.2 Å². The molecular formula is C36H37N3O9. The molecule has 2 aliphatic rings. The van der Waals surface area contributed by atoms with Gasteiger partial charge in [0.25, 0.3) is 11.8 Å². The molecule has 4 N–H and O–H groups in total. The first kappa shape index (κ1) is 33.1. The molecule has 2 aliphatic heterocycles. The molecule has 12 heteroatoms. The van der Waals surface area contributed by atoms with Crippen molar-refractivity contribution in [3.8, 4) is 5.75 Å². The zero-order chi connectivity index (χ0) is 33.6. The van der Waals surface area contributed by atoms with Crippen molar-refractivity contribution in [3.63, 3.8) is 0 Å². The van der Waals surface area contributed by atoms with Crippen LogP contribution in [0.3, 0.4) is 0 Å². The van der Waals surface area contributed by atoms with Gasteiger partial charge in [-0.2, -0.15) is 0 Å². The summed E-state index contributed by atoms with van der Waals surface area (Å²) < 4.78 is 31.2. The van der Waals surface area contributed by atoms with Gasteiger partial charge in [-0.25, -0.2) is 0 Å². The number of aromatic hydroxyl groups is 1. The molecule has 0 saturated carbocycles. The smallest absolute Gasteiger partial charge is 0.273 e. The van der Waals surface area contributed by atoms with Crippen LogP contribution in [-0.2, 0) is 39.9 Å². The van der Waals surface area contributed by atoms with Gasteiger partial charge >= 0.3 is 0 Å². The summed E-state index contributed by atoms with van der Waals surface area (Å²) in [7, 11) is 0. The van der Waals surface area contributed by atoms with Gasteiger partial charge in [-0.3, -0.25) is 25.2 Å². The van der Waals surface area contributed by atoms with E-state index in [9.17, 15) is 19.5 Å². The van der Waals surface area contributed by atoms with Gasteiger partial charge in [0.1, 0.15) is 36.2 Å². The Morgan fingerprint density at radius 3 is 2.27 bits per heavy atom. The minimum Gasteiger partial charge on any atom is -0.507 e. The Bertz CT molecular complexity index is 1740. The standard InChI is InChI=1S/C36H37N3O9/c1-21(33(42)38-39-34(43)27-17-25-15-9-10-16-26(25)18-28(27)41)46-32-30(37-22(2)40)36(44-19-23-11-5-3-6-12-23)47-29-20-45-35(48-31(29)32)24-13-7-4-8-14-24/h3-18,21,29-32,35-36,41H,19-20H2,1-2H3,(H,37,40)(H,38,42)(H,39,43)/t21-,29-,30-,31-,32-,35+,36+/m1/s1. The first-order chi connectivity index (χ1) is 23.3. The van der Waals surface area contributed by atoms with Crippen LogP contribution in [0.15, 0.2) is 97.1 Å². The lowest BCUT2D eigenvalue weighted by molar-refractivity contribution is -0.351. The molecule has 0 unspecified atom stereocenters. The summed E-state index contributed by atoms with van der Waals surface area (Å²) in [5.74, 6) is -1.99. The number of nitrogens with one attached hydrogen (secondary N) is 3.